The standard InChI is InChI=1S/C19H19Cl2N3O2S2/c1-3-24-18(12-28(25,26)16-8-4-13(2)5-9-16)22-23-19(24)27-11-14-6-7-15(20)10-17(14)21/h4-10H,3,11-12H2,1-2H3. The normalized spacial score (nSPS) is 11.7. The monoisotopic (exact) mass is 455 g/mol. The fourth-order valence-electron chi connectivity index (χ4n) is 2.63. The predicted octanol–water partition coefficient (Wildman–Crippen LogP) is 5.18. The fourth-order valence-corrected chi connectivity index (χ4v) is 5.48. The minimum absolute atomic E-state index is 0.195. The summed E-state index contributed by atoms with van der Waals surface area (Å²) in [4.78, 5) is 0.283. The van der Waals surface area contributed by atoms with Crippen LogP contribution in [0, 0.1) is 6.92 Å². The second kappa shape index (κ2) is 8.86. The van der Waals surface area contributed by atoms with Crippen LogP contribution in [0.5, 0.6) is 0 Å². The first kappa shape index (κ1) is 21.2. The van der Waals surface area contributed by atoms with Crippen LogP contribution in [-0.4, -0.2) is 23.2 Å². The fraction of sp³-hybridized carbons (Fsp3) is 0.263. The van der Waals surface area contributed by atoms with Crippen molar-refractivity contribution in [2.45, 2.75) is 41.9 Å². The van der Waals surface area contributed by atoms with Gasteiger partial charge in [0.1, 0.15) is 11.6 Å². The zero-order valence-electron chi connectivity index (χ0n) is 15.4. The zero-order chi connectivity index (χ0) is 20.3. The number of halogens is 2. The maximum atomic E-state index is 12.7. The molecule has 0 radical (unpaired) electrons. The van der Waals surface area contributed by atoms with Gasteiger partial charge in [-0.3, -0.25) is 0 Å². The van der Waals surface area contributed by atoms with E-state index >= 15 is 0 Å². The molecule has 0 N–H and O–H groups in total. The number of sulfone groups is 1. The van der Waals surface area contributed by atoms with Gasteiger partial charge in [0, 0.05) is 22.3 Å². The molecule has 0 saturated carbocycles. The van der Waals surface area contributed by atoms with E-state index in [-0.39, 0.29) is 10.6 Å². The van der Waals surface area contributed by atoms with E-state index in [0.717, 1.165) is 11.1 Å². The lowest BCUT2D eigenvalue weighted by Crippen LogP contribution is -2.11. The molecule has 3 aromatic rings. The van der Waals surface area contributed by atoms with E-state index in [9.17, 15) is 8.42 Å². The van der Waals surface area contributed by atoms with Crippen molar-refractivity contribution in [2.24, 2.45) is 0 Å². The molecular weight excluding hydrogens is 437 g/mol. The Bertz CT molecular complexity index is 1080. The van der Waals surface area contributed by atoms with Crippen molar-refractivity contribution in [3.05, 3.63) is 69.5 Å². The van der Waals surface area contributed by atoms with Gasteiger partial charge in [0.15, 0.2) is 15.0 Å². The van der Waals surface area contributed by atoms with Crippen LogP contribution in [0.3, 0.4) is 0 Å². The topological polar surface area (TPSA) is 64.8 Å². The van der Waals surface area contributed by atoms with E-state index in [2.05, 4.69) is 10.2 Å². The number of nitrogens with zero attached hydrogens (tertiary/aromatic N) is 3. The molecule has 2 aromatic carbocycles. The van der Waals surface area contributed by atoms with Crippen LogP contribution in [0.25, 0.3) is 0 Å². The molecule has 0 aliphatic heterocycles. The summed E-state index contributed by atoms with van der Waals surface area (Å²) in [5.41, 5.74) is 1.94. The highest BCUT2D eigenvalue weighted by atomic mass is 35.5. The average molecular weight is 456 g/mol. The van der Waals surface area contributed by atoms with Crippen LogP contribution in [0.2, 0.25) is 10.0 Å². The van der Waals surface area contributed by atoms with Crippen molar-refractivity contribution in [3.8, 4) is 0 Å². The van der Waals surface area contributed by atoms with E-state index < -0.39 is 9.84 Å². The molecular formula is C19H19Cl2N3O2S2. The molecule has 0 aliphatic rings. The van der Waals surface area contributed by atoms with Crippen LogP contribution < -0.4 is 0 Å². The van der Waals surface area contributed by atoms with Gasteiger partial charge >= 0.3 is 0 Å². The molecule has 3 rings (SSSR count). The van der Waals surface area contributed by atoms with Gasteiger partial charge < -0.3 is 4.57 Å². The highest BCUT2D eigenvalue weighted by Gasteiger charge is 2.21. The molecule has 0 bridgehead atoms. The third kappa shape index (κ3) is 4.89. The summed E-state index contributed by atoms with van der Waals surface area (Å²) < 4.78 is 27.3. The van der Waals surface area contributed by atoms with Crippen LogP contribution >= 0.6 is 35.0 Å². The molecule has 0 unspecified atom stereocenters. The summed E-state index contributed by atoms with van der Waals surface area (Å²) in [6.07, 6.45) is 0. The van der Waals surface area contributed by atoms with Gasteiger partial charge in [-0.15, -0.1) is 10.2 Å². The quantitative estimate of drug-likeness (QED) is 0.459. The third-order valence-corrected chi connectivity index (χ3v) is 7.41. The summed E-state index contributed by atoms with van der Waals surface area (Å²) >= 11 is 13.6. The number of aromatic nitrogens is 3. The van der Waals surface area contributed by atoms with E-state index in [1.807, 2.05) is 24.5 Å². The Morgan fingerprint density at radius 2 is 1.79 bits per heavy atom. The zero-order valence-corrected chi connectivity index (χ0v) is 18.5. The minimum Gasteiger partial charge on any atom is -0.305 e. The molecule has 0 saturated heterocycles. The van der Waals surface area contributed by atoms with Crippen molar-refractivity contribution in [3.63, 3.8) is 0 Å². The molecule has 1 aromatic heterocycles. The number of hydrogen-bond donors (Lipinski definition) is 0. The smallest absolute Gasteiger partial charge is 0.191 e. The van der Waals surface area contributed by atoms with Gasteiger partial charge in [0.25, 0.3) is 0 Å². The van der Waals surface area contributed by atoms with Gasteiger partial charge in [0.2, 0.25) is 0 Å². The lowest BCUT2D eigenvalue weighted by molar-refractivity contribution is 0.588. The molecule has 5 nitrogen and oxygen atoms in total. The van der Waals surface area contributed by atoms with E-state index in [4.69, 9.17) is 23.2 Å². The van der Waals surface area contributed by atoms with E-state index in [1.54, 1.807) is 36.4 Å². The first-order chi connectivity index (χ1) is 13.3. The first-order valence-electron chi connectivity index (χ1n) is 8.58. The van der Waals surface area contributed by atoms with Gasteiger partial charge in [-0.2, -0.15) is 0 Å². The van der Waals surface area contributed by atoms with Crippen molar-refractivity contribution < 1.29 is 8.42 Å². The highest BCUT2D eigenvalue weighted by Crippen LogP contribution is 2.28. The number of rotatable bonds is 7. The summed E-state index contributed by atoms with van der Waals surface area (Å²) in [6, 6.07) is 12.2. The Kier molecular flexibility index (Phi) is 6.70. The van der Waals surface area contributed by atoms with Crippen LogP contribution in [0.15, 0.2) is 52.5 Å². The molecule has 0 amide bonds. The predicted molar refractivity (Wildman–Crippen MR) is 114 cm³/mol. The molecule has 0 atom stereocenters. The average Bonchev–Trinajstić information content (AvgIpc) is 3.02. The third-order valence-electron chi connectivity index (χ3n) is 4.18. The lowest BCUT2D eigenvalue weighted by atomic mass is 10.2. The maximum Gasteiger partial charge on any atom is 0.191 e. The molecule has 0 fully saturated rings. The molecule has 1 heterocycles. The Morgan fingerprint density at radius 1 is 1.07 bits per heavy atom. The largest absolute Gasteiger partial charge is 0.305 e. The molecule has 0 spiro atoms. The minimum atomic E-state index is -3.50. The second-order valence-electron chi connectivity index (χ2n) is 6.24. The molecule has 148 valence electrons. The Balaban J connectivity index is 1.79. The van der Waals surface area contributed by atoms with Crippen LogP contribution in [-0.2, 0) is 27.9 Å². The molecule has 9 heteroatoms. The van der Waals surface area contributed by atoms with Crippen LogP contribution in [0.4, 0.5) is 0 Å². The van der Waals surface area contributed by atoms with Crippen molar-refractivity contribution >= 4 is 44.8 Å². The van der Waals surface area contributed by atoms with Gasteiger partial charge in [-0.05, 0) is 43.7 Å². The Morgan fingerprint density at radius 3 is 2.43 bits per heavy atom. The maximum absolute atomic E-state index is 12.7. The van der Waals surface area contributed by atoms with Crippen LogP contribution in [0.1, 0.15) is 23.9 Å². The molecule has 28 heavy (non-hydrogen) atoms. The lowest BCUT2D eigenvalue weighted by Gasteiger charge is -2.09. The Hall–Kier alpha value is -1.54. The summed E-state index contributed by atoms with van der Waals surface area (Å²) in [5, 5.41) is 10.1. The van der Waals surface area contributed by atoms with Crippen molar-refractivity contribution in [2.75, 3.05) is 0 Å². The van der Waals surface area contributed by atoms with Crippen molar-refractivity contribution in [1.82, 2.24) is 14.8 Å². The number of thioether (sulfide) groups is 1. The summed E-state index contributed by atoms with van der Waals surface area (Å²) in [7, 11) is -3.50. The van der Waals surface area contributed by atoms with E-state index in [1.165, 1.54) is 11.8 Å². The number of hydrogen-bond acceptors (Lipinski definition) is 5. The van der Waals surface area contributed by atoms with Gasteiger partial charge in [-0.25, -0.2) is 8.42 Å². The second-order valence-corrected chi connectivity index (χ2v) is 10.0. The summed E-state index contributed by atoms with van der Waals surface area (Å²) in [6.45, 7) is 4.42. The summed E-state index contributed by atoms with van der Waals surface area (Å²) in [5.74, 6) is 0.811. The van der Waals surface area contributed by atoms with E-state index in [0.29, 0.717) is 33.3 Å². The van der Waals surface area contributed by atoms with Crippen molar-refractivity contribution in [1.29, 1.82) is 0 Å². The molecule has 0 aliphatic carbocycles. The van der Waals surface area contributed by atoms with Gasteiger partial charge in [-0.1, -0.05) is 58.7 Å². The SMILES string of the molecule is CCn1c(CS(=O)(=O)c2ccc(C)cc2)nnc1SCc1ccc(Cl)cc1Cl. The Labute approximate surface area is 179 Å². The number of benzene rings is 2. The first-order valence-corrected chi connectivity index (χ1v) is 12.0. The highest BCUT2D eigenvalue weighted by molar-refractivity contribution is 7.98. The van der Waals surface area contributed by atoms with Gasteiger partial charge in [0.05, 0.1) is 4.90 Å². The number of aryl methyl sites for hydroxylation is 1.